The molecule has 2 saturated heterocycles. The van der Waals surface area contributed by atoms with Crippen LogP contribution in [-0.2, 0) is 59.5 Å². The number of aliphatic hydroxyl groups excluding tert-OH is 1. The lowest BCUT2D eigenvalue weighted by Gasteiger charge is -2.39. The van der Waals surface area contributed by atoms with Crippen LogP contribution in [0.4, 0.5) is 11.4 Å². The molecule has 1 aromatic heterocycles. The number of aromatic nitrogens is 1. The Morgan fingerprint density at radius 1 is 0.931 bits per heavy atom. The second-order valence-electron chi connectivity index (χ2n) is 21.1. The van der Waals surface area contributed by atoms with E-state index in [1.165, 1.54) is 4.90 Å². The fourth-order valence-corrected chi connectivity index (χ4v) is 12.0. The topological polar surface area (TPSA) is 231 Å². The summed E-state index contributed by atoms with van der Waals surface area (Å²) in [6.07, 6.45) is 3.57. The molecule has 1 unspecified atom stereocenters. The third-order valence-electron chi connectivity index (χ3n) is 15.2. The Labute approximate surface area is 426 Å². The summed E-state index contributed by atoms with van der Waals surface area (Å²) >= 11 is 1.58. The minimum Gasteiger partial charge on any atom is -0.391 e. The number of aryl methyl sites for hydroxylation is 2. The Hall–Kier alpha value is -6.17. The van der Waals surface area contributed by atoms with Crippen LogP contribution in [0.5, 0.6) is 0 Å². The molecule has 6 amide bonds. The molecule has 3 aromatic carbocycles. The average Bonchev–Trinajstić information content (AvgIpc) is 4.07. The van der Waals surface area contributed by atoms with Crippen LogP contribution < -0.4 is 31.9 Å². The maximum Gasteiger partial charge on any atom is 0.243 e. The van der Waals surface area contributed by atoms with Crippen molar-refractivity contribution in [2.45, 2.75) is 142 Å². The predicted octanol–water partition coefficient (Wildman–Crippen LogP) is 5.47. The molecule has 17 heteroatoms. The number of amides is 6. The van der Waals surface area contributed by atoms with Gasteiger partial charge in [0.25, 0.3) is 0 Å². The highest BCUT2D eigenvalue weighted by molar-refractivity contribution is 7.13. The summed E-state index contributed by atoms with van der Waals surface area (Å²) in [5, 5.41) is 16.7. The van der Waals surface area contributed by atoms with Gasteiger partial charge in [0.2, 0.25) is 35.4 Å². The molecule has 7 N–H and O–H groups in total. The van der Waals surface area contributed by atoms with Gasteiger partial charge in [-0.05, 0) is 104 Å². The summed E-state index contributed by atoms with van der Waals surface area (Å²) in [6.45, 7) is 9.82. The van der Waals surface area contributed by atoms with E-state index in [9.17, 15) is 33.9 Å². The van der Waals surface area contributed by atoms with Crippen molar-refractivity contribution in [3.63, 3.8) is 0 Å². The zero-order valence-corrected chi connectivity index (χ0v) is 42.8. The van der Waals surface area contributed by atoms with E-state index >= 15 is 0 Å². The fraction of sp³-hybridized carbons (Fsp3) is 0.509. The summed E-state index contributed by atoms with van der Waals surface area (Å²) < 4.78 is 6.31. The Balaban J connectivity index is 0.803. The Kier molecular flexibility index (Phi) is 16.5. The van der Waals surface area contributed by atoms with Gasteiger partial charge in [-0.1, -0.05) is 68.4 Å². The number of aliphatic hydroxyl groups is 1. The molecule has 384 valence electrons. The molecule has 4 aromatic rings. The van der Waals surface area contributed by atoms with Gasteiger partial charge >= 0.3 is 0 Å². The lowest BCUT2D eigenvalue weighted by atomic mass is 9.72. The van der Waals surface area contributed by atoms with Crippen molar-refractivity contribution in [1.29, 1.82) is 0 Å². The van der Waals surface area contributed by atoms with Crippen molar-refractivity contribution in [2.75, 3.05) is 29.4 Å². The molecular formula is C55H70N8O8S. The first-order valence-corrected chi connectivity index (χ1v) is 26.3. The van der Waals surface area contributed by atoms with E-state index in [4.69, 9.17) is 16.2 Å². The number of nitrogens with two attached hydrogens (primary N) is 2. The van der Waals surface area contributed by atoms with Crippen molar-refractivity contribution >= 4 is 58.2 Å². The van der Waals surface area contributed by atoms with E-state index in [0.29, 0.717) is 25.7 Å². The summed E-state index contributed by atoms with van der Waals surface area (Å²) in [4.78, 5) is 90.4. The third-order valence-corrected chi connectivity index (χ3v) is 16.2. The fourth-order valence-electron chi connectivity index (χ4n) is 11.2. The van der Waals surface area contributed by atoms with Crippen molar-refractivity contribution < 1.29 is 38.6 Å². The van der Waals surface area contributed by atoms with Crippen LogP contribution >= 0.6 is 11.3 Å². The molecule has 72 heavy (non-hydrogen) atoms. The van der Waals surface area contributed by atoms with Crippen LogP contribution in [-0.4, -0.2) is 100 Å². The van der Waals surface area contributed by atoms with Crippen LogP contribution in [0.3, 0.4) is 0 Å². The molecule has 6 atom stereocenters. The van der Waals surface area contributed by atoms with Crippen molar-refractivity contribution in [3.8, 4) is 10.4 Å². The van der Waals surface area contributed by atoms with E-state index in [1.807, 2.05) is 99.9 Å². The Bertz CT molecular complexity index is 2610. The molecular weight excluding hydrogens is 933 g/mol. The van der Waals surface area contributed by atoms with Crippen molar-refractivity contribution in [2.24, 2.45) is 28.7 Å². The molecule has 5 heterocycles. The number of carbonyl (C=O) groups excluding carboxylic acids is 6. The van der Waals surface area contributed by atoms with E-state index in [2.05, 4.69) is 20.5 Å². The van der Waals surface area contributed by atoms with Gasteiger partial charge in [0.1, 0.15) is 12.1 Å². The quantitative estimate of drug-likeness (QED) is 0.0750. The zero-order chi connectivity index (χ0) is 51.3. The van der Waals surface area contributed by atoms with Gasteiger partial charge in [0, 0.05) is 69.9 Å². The highest BCUT2D eigenvalue weighted by Crippen LogP contribution is 2.40. The first-order chi connectivity index (χ1) is 34.4. The lowest BCUT2D eigenvalue weighted by molar-refractivity contribution is -0.140. The molecule has 0 aliphatic carbocycles. The van der Waals surface area contributed by atoms with Gasteiger partial charge in [-0.3, -0.25) is 33.7 Å². The van der Waals surface area contributed by atoms with E-state index in [1.54, 1.807) is 16.2 Å². The number of thiazole rings is 1. The van der Waals surface area contributed by atoms with Crippen LogP contribution in [0.25, 0.3) is 10.4 Å². The number of likely N-dealkylation sites (tertiary alicyclic amines) is 1. The molecule has 2 fully saturated rings. The van der Waals surface area contributed by atoms with E-state index in [-0.39, 0.29) is 74.4 Å². The normalized spacial score (nSPS) is 20.4. The van der Waals surface area contributed by atoms with Gasteiger partial charge in [-0.15, -0.1) is 11.3 Å². The van der Waals surface area contributed by atoms with Crippen LogP contribution in [0.1, 0.15) is 107 Å². The molecule has 4 aliphatic rings. The monoisotopic (exact) mass is 1000 g/mol. The number of nitrogens with one attached hydrogen (secondary N) is 2. The number of β-amino-alcohol motifs (C(OH)–C–C–N with tert-alkyl or cyclic N) is 1. The highest BCUT2D eigenvalue weighted by atomic mass is 32.1. The smallest absolute Gasteiger partial charge is 0.243 e. The molecule has 8 rings (SSSR count). The summed E-state index contributed by atoms with van der Waals surface area (Å²) in [5.41, 5.74) is 20.7. The van der Waals surface area contributed by atoms with Crippen LogP contribution in [0.15, 0.2) is 72.2 Å². The first kappa shape index (κ1) is 52.2. The van der Waals surface area contributed by atoms with Gasteiger partial charge in [-0.2, -0.15) is 0 Å². The zero-order valence-electron chi connectivity index (χ0n) is 41.9. The van der Waals surface area contributed by atoms with Gasteiger partial charge in [-0.25, -0.2) is 4.98 Å². The maximum absolute atomic E-state index is 13.9. The van der Waals surface area contributed by atoms with Crippen LogP contribution in [0.2, 0.25) is 0 Å². The standard InChI is InChI=1S/C55H70N8O8S/c1-33-51(72-32-59-33)39-15-11-35(12-16-39)29-58-53(69)45-26-42(64)30-62(45)49(67)28-55(3,4)27-43(52(57)68)37-21-23-61(24-22-37)41-17-13-36(14-18-41)31-71-34(2)44(19-20-47(56)65)60-54(70)46-25-40-9-5-7-38-8-6-10-48(66)63(46)50(38)40/h5,7,9,11-18,32,34,37,42-46,64H,6,8,10,19-31H2,1-4H3,(H2,56,65)(H2,57,68)(H,58,69)(H,60,70)/t34-,42-,43?,44+,45+,46+/m1/s1. The number of hydrogen-bond acceptors (Lipinski definition) is 11. The number of benzene rings is 3. The largest absolute Gasteiger partial charge is 0.391 e. The molecule has 0 spiro atoms. The molecule has 4 aliphatic heterocycles. The SMILES string of the molecule is Cc1ncsc1-c1ccc(CNC(=O)[C@@H]2C[C@@H](O)CN2C(=O)CC(C)(C)CC(C(N)=O)C2CCN(c3ccc(CO[C@H](C)[C@H](CCC(N)=O)NC(=O)[C@@H]4Cc5cccc6c5N4C(=O)CCC6)cc3)CC2)cc1. The van der Waals surface area contributed by atoms with Crippen LogP contribution in [0, 0.1) is 24.2 Å². The molecule has 0 saturated carbocycles. The summed E-state index contributed by atoms with van der Waals surface area (Å²) in [5.74, 6) is -2.16. The van der Waals surface area contributed by atoms with Gasteiger partial charge < -0.3 is 41.7 Å². The number of anilines is 2. The predicted molar refractivity (Wildman–Crippen MR) is 276 cm³/mol. The van der Waals surface area contributed by atoms with Crippen molar-refractivity contribution in [3.05, 3.63) is 100 Å². The number of rotatable bonds is 20. The van der Waals surface area contributed by atoms with Gasteiger partial charge in [0.15, 0.2) is 0 Å². The number of ether oxygens (including phenoxy) is 1. The van der Waals surface area contributed by atoms with E-state index in [0.717, 1.165) is 88.5 Å². The first-order valence-electron chi connectivity index (χ1n) is 25.5. The lowest BCUT2D eigenvalue weighted by Crippen LogP contribution is -2.53. The minimum atomic E-state index is -0.814. The van der Waals surface area contributed by atoms with E-state index < -0.39 is 47.6 Å². The average molecular weight is 1000 g/mol. The molecule has 0 radical (unpaired) electrons. The number of nitrogens with zero attached hydrogens (tertiary/aromatic N) is 4. The Morgan fingerprint density at radius 3 is 2.32 bits per heavy atom. The highest BCUT2D eigenvalue weighted by Gasteiger charge is 2.43. The summed E-state index contributed by atoms with van der Waals surface area (Å²) in [6, 6.07) is 20.0. The number of para-hydroxylation sites is 1. The third kappa shape index (κ3) is 12.4. The molecule has 0 bridgehead atoms. The second kappa shape index (κ2) is 22.7. The number of primary amides is 2. The minimum absolute atomic E-state index is 0.0313. The van der Waals surface area contributed by atoms with Gasteiger partial charge in [0.05, 0.1) is 46.6 Å². The number of piperidine rings is 1. The number of hydrogen-bond donors (Lipinski definition) is 5. The Morgan fingerprint density at radius 2 is 1.64 bits per heavy atom. The summed E-state index contributed by atoms with van der Waals surface area (Å²) in [7, 11) is 0. The number of carbonyl (C=O) groups is 6. The second-order valence-corrected chi connectivity index (χ2v) is 21.9. The maximum atomic E-state index is 13.9. The van der Waals surface area contributed by atoms with Crippen molar-refractivity contribution in [1.82, 2.24) is 20.5 Å². The molecule has 16 nitrogen and oxygen atoms in total.